The molecule has 124 valence electrons. The van der Waals surface area contributed by atoms with E-state index in [9.17, 15) is 9.18 Å². The number of carbonyl (C=O) groups is 1. The monoisotopic (exact) mass is 330 g/mol. The molecule has 1 aromatic carbocycles. The Hall–Kier alpha value is -1.33. The van der Waals surface area contributed by atoms with E-state index in [1.807, 2.05) is 0 Å². The highest BCUT2D eigenvalue weighted by molar-refractivity contribution is 5.85. The lowest BCUT2D eigenvalue weighted by molar-refractivity contribution is -0.121. The van der Waals surface area contributed by atoms with Crippen LogP contribution in [-0.2, 0) is 4.79 Å². The van der Waals surface area contributed by atoms with Gasteiger partial charge in [-0.3, -0.25) is 4.79 Å². The minimum Gasteiger partial charge on any atom is -0.494 e. The molecule has 0 spiro atoms. The van der Waals surface area contributed by atoms with Gasteiger partial charge in [-0.15, -0.1) is 12.4 Å². The van der Waals surface area contributed by atoms with Crippen LogP contribution < -0.4 is 15.4 Å². The van der Waals surface area contributed by atoms with E-state index in [2.05, 4.69) is 10.6 Å². The summed E-state index contributed by atoms with van der Waals surface area (Å²) in [6.45, 7) is 3.24. The van der Waals surface area contributed by atoms with Crippen LogP contribution in [0.4, 0.5) is 4.39 Å². The number of hydrogen-bond donors (Lipinski definition) is 2. The van der Waals surface area contributed by atoms with Gasteiger partial charge in [-0.1, -0.05) is 0 Å². The fraction of sp³-hybridized carbons (Fsp3) is 0.562. The number of amides is 1. The Labute approximate surface area is 137 Å². The summed E-state index contributed by atoms with van der Waals surface area (Å²) in [7, 11) is 0. The lowest BCUT2D eigenvalue weighted by Crippen LogP contribution is -2.26. The molecule has 6 heteroatoms. The second-order valence-corrected chi connectivity index (χ2v) is 5.40. The van der Waals surface area contributed by atoms with Gasteiger partial charge < -0.3 is 15.4 Å². The van der Waals surface area contributed by atoms with E-state index in [4.69, 9.17) is 4.74 Å². The second-order valence-electron chi connectivity index (χ2n) is 5.40. The van der Waals surface area contributed by atoms with E-state index in [0.29, 0.717) is 31.2 Å². The Morgan fingerprint density at radius 1 is 1.36 bits per heavy atom. The van der Waals surface area contributed by atoms with Gasteiger partial charge in [0.15, 0.2) is 0 Å². The van der Waals surface area contributed by atoms with Crippen molar-refractivity contribution in [2.75, 3.05) is 26.2 Å². The quantitative estimate of drug-likeness (QED) is 0.720. The standard InChI is InChI=1S/C16H23FN2O2.ClH/c17-14-3-5-15(6-4-14)21-11-1-9-19-16(20)7-2-13-8-10-18-12-13;/h3-6,13,18H,1-2,7-12H2,(H,19,20);1H. The molecule has 1 amide bonds. The van der Waals surface area contributed by atoms with Crippen molar-refractivity contribution >= 4 is 18.3 Å². The Morgan fingerprint density at radius 2 is 2.14 bits per heavy atom. The van der Waals surface area contributed by atoms with Crippen molar-refractivity contribution in [3.05, 3.63) is 30.1 Å². The maximum absolute atomic E-state index is 12.7. The van der Waals surface area contributed by atoms with Gasteiger partial charge in [0.05, 0.1) is 6.61 Å². The SMILES string of the molecule is Cl.O=C(CCC1CCNC1)NCCCOc1ccc(F)cc1. The average Bonchev–Trinajstić information content (AvgIpc) is 3.00. The summed E-state index contributed by atoms with van der Waals surface area (Å²) in [4.78, 5) is 11.7. The zero-order chi connectivity index (χ0) is 14.9. The summed E-state index contributed by atoms with van der Waals surface area (Å²) < 4.78 is 18.2. The van der Waals surface area contributed by atoms with Crippen molar-refractivity contribution in [2.24, 2.45) is 5.92 Å². The number of carbonyl (C=O) groups excluding carboxylic acids is 1. The normalized spacial score (nSPS) is 16.9. The third kappa shape index (κ3) is 7.09. The second kappa shape index (κ2) is 10.4. The summed E-state index contributed by atoms with van der Waals surface area (Å²) in [5, 5.41) is 6.21. The predicted octanol–water partition coefficient (Wildman–Crippen LogP) is 2.52. The molecule has 4 nitrogen and oxygen atoms in total. The summed E-state index contributed by atoms with van der Waals surface area (Å²) in [5.74, 6) is 1.14. The van der Waals surface area contributed by atoms with Crippen LogP contribution >= 0.6 is 12.4 Å². The largest absolute Gasteiger partial charge is 0.494 e. The smallest absolute Gasteiger partial charge is 0.220 e. The van der Waals surface area contributed by atoms with Crippen LogP contribution in [0.1, 0.15) is 25.7 Å². The minimum absolute atomic E-state index is 0. The van der Waals surface area contributed by atoms with Crippen molar-refractivity contribution in [1.82, 2.24) is 10.6 Å². The zero-order valence-corrected chi connectivity index (χ0v) is 13.5. The molecule has 1 aromatic rings. The topological polar surface area (TPSA) is 50.4 Å². The molecule has 1 saturated heterocycles. The van der Waals surface area contributed by atoms with Crippen LogP contribution in [-0.4, -0.2) is 32.1 Å². The molecule has 0 radical (unpaired) electrons. The molecule has 1 aliphatic rings. The molecule has 22 heavy (non-hydrogen) atoms. The highest BCUT2D eigenvalue weighted by Gasteiger charge is 2.15. The average molecular weight is 331 g/mol. The van der Waals surface area contributed by atoms with Crippen LogP contribution in [0.25, 0.3) is 0 Å². The van der Waals surface area contributed by atoms with Crippen LogP contribution in [0.5, 0.6) is 5.75 Å². The van der Waals surface area contributed by atoms with Crippen molar-refractivity contribution < 1.29 is 13.9 Å². The molecule has 0 aromatic heterocycles. The fourth-order valence-electron chi connectivity index (χ4n) is 2.41. The van der Waals surface area contributed by atoms with Gasteiger partial charge in [0.25, 0.3) is 0 Å². The third-order valence-corrected chi connectivity index (χ3v) is 3.67. The third-order valence-electron chi connectivity index (χ3n) is 3.67. The maximum Gasteiger partial charge on any atom is 0.220 e. The molecule has 0 aliphatic carbocycles. The zero-order valence-electron chi connectivity index (χ0n) is 12.6. The van der Waals surface area contributed by atoms with Gasteiger partial charge in [0.1, 0.15) is 11.6 Å². The van der Waals surface area contributed by atoms with Crippen molar-refractivity contribution in [2.45, 2.75) is 25.7 Å². The Kier molecular flexibility index (Phi) is 8.85. The number of benzene rings is 1. The summed E-state index contributed by atoms with van der Waals surface area (Å²) in [6.07, 6.45) is 3.49. The molecule has 1 aliphatic heterocycles. The van der Waals surface area contributed by atoms with Gasteiger partial charge in [0, 0.05) is 13.0 Å². The number of halogens is 2. The highest BCUT2D eigenvalue weighted by Crippen LogP contribution is 2.14. The van der Waals surface area contributed by atoms with Crippen LogP contribution in [0.3, 0.4) is 0 Å². The summed E-state index contributed by atoms with van der Waals surface area (Å²) in [5.41, 5.74) is 0. The van der Waals surface area contributed by atoms with Crippen LogP contribution in [0.2, 0.25) is 0 Å². The number of ether oxygens (including phenoxy) is 1. The van der Waals surface area contributed by atoms with Gasteiger partial charge in [0.2, 0.25) is 5.91 Å². The van der Waals surface area contributed by atoms with Gasteiger partial charge in [-0.2, -0.15) is 0 Å². The van der Waals surface area contributed by atoms with E-state index in [0.717, 1.165) is 25.9 Å². The molecule has 1 unspecified atom stereocenters. The van der Waals surface area contributed by atoms with Crippen molar-refractivity contribution in [1.29, 1.82) is 0 Å². The Morgan fingerprint density at radius 3 is 2.82 bits per heavy atom. The fourth-order valence-corrected chi connectivity index (χ4v) is 2.41. The van der Waals surface area contributed by atoms with E-state index < -0.39 is 0 Å². The lowest BCUT2D eigenvalue weighted by Gasteiger charge is -2.09. The molecular formula is C16H24ClFN2O2. The van der Waals surface area contributed by atoms with Gasteiger partial charge in [-0.25, -0.2) is 4.39 Å². The molecule has 2 N–H and O–H groups in total. The molecule has 2 rings (SSSR count). The first-order chi connectivity index (χ1) is 10.2. The predicted molar refractivity (Wildman–Crippen MR) is 87.0 cm³/mol. The number of nitrogens with one attached hydrogen (secondary N) is 2. The Balaban J connectivity index is 0.00000242. The number of hydrogen-bond acceptors (Lipinski definition) is 3. The van der Waals surface area contributed by atoms with E-state index in [-0.39, 0.29) is 24.1 Å². The van der Waals surface area contributed by atoms with E-state index >= 15 is 0 Å². The minimum atomic E-state index is -0.271. The molecular weight excluding hydrogens is 307 g/mol. The van der Waals surface area contributed by atoms with Crippen LogP contribution in [0, 0.1) is 11.7 Å². The molecule has 0 bridgehead atoms. The maximum atomic E-state index is 12.7. The van der Waals surface area contributed by atoms with Crippen molar-refractivity contribution in [3.63, 3.8) is 0 Å². The first kappa shape index (κ1) is 18.7. The number of rotatable bonds is 8. The van der Waals surface area contributed by atoms with E-state index in [1.54, 1.807) is 12.1 Å². The molecule has 1 fully saturated rings. The molecule has 0 saturated carbocycles. The first-order valence-electron chi connectivity index (χ1n) is 7.60. The van der Waals surface area contributed by atoms with E-state index in [1.165, 1.54) is 18.6 Å². The molecule has 1 atom stereocenters. The van der Waals surface area contributed by atoms with Crippen LogP contribution in [0.15, 0.2) is 24.3 Å². The van der Waals surface area contributed by atoms with Gasteiger partial charge >= 0.3 is 0 Å². The lowest BCUT2D eigenvalue weighted by atomic mass is 10.0. The summed E-state index contributed by atoms with van der Waals surface area (Å²) >= 11 is 0. The molecule has 1 heterocycles. The first-order valence-corrected chi connectivity index (χ1v) is 7.60. The van der Waals surface area contributed by atoms with Gasteiger partial charge in [-0.05, 0) is 62.5 Å². The Bertz CT molecular complexity index is 436. The highest BCUT2D eigenvalue weighted by atomic mass is 35.5. The van der Waals surface area contributed by atoms with Crippen molar-refractivity contribution in [3.8, 4) is 5.75 Å². The summed E-state index contributed by atoms with van der Waals surface area (Å²) in [6, 6.07) is 5.94.